The molecule has 0 amide bonds. The van der Waals surface area contributed by atoms with Crippen LogP contribution in [-0.4, -0.2) is 31.6 Å². The van der Waals surface area contributed by atoms with Crippen molar-refractivity contribution in [3.63, 3.8) is 0 Å². The fourth-order valence-corrected chi connectivity index (χ4v) is 4.56. The van der Waals surface area contributed by atoms with E-state index in [2.05, 4.69) is 24.8 Å². The first kappa shape index (κ1) is 18.2. The summed E-state index contributed by atoms with van der Waals surface area (Å²) < 4.78 is 17.3. The minimum atomic E-state index is -0.506. The lowest BCUT2D eigenvalue weighted by Crippen LogP contribution is -2.58. The molecule has 0 radical (unpaired) electrons. The molecule has 2 bridgehead atoms. The van der Waals surface area contributed by atoms with Gasteiger partial charge in [0, 0.05) is 17.9 Å². The number of hydrogen-bond acceptors (Lipinski definition) is 4. The monoisotopic (exact) mass is 344 g/mol. The number of carbonyl (C=O) groups is 1. The van der Waals surface area contributed by atoms with Crippen molar-refractivity contribution >= 4 is 5.97 Å². The molecule has 1 saturated heterocycles. The van der Waals surface area contributed by atoms with E-state index >= 15 is 0 Å². The van der Waals surface area contributed by atoms with Gasteiger partial charge >= 0.3 is 5.97 Å². The van der Waals surface area contributed by atoms with Gasteiger partial charge in [-0.15, -0.1) is 6.58 Å². The third-order valence-corrected chi connectivity index (χ3v) is 5.61. The smallest absolute Gasteiger partial charge is 0.330 e. The third kappa shape index (κ3) is 3.38. The molecule has 136 valence electrons. The Balaban J connectivity index is 1.81. The maximum Gasteiger partial charge on any atom is 0.330 e. The minimum Gasteiger partial charge on any atom is -0.463 e. The number of carbonyl (C=O) groups excluding carboxylic acids is 1. The lowest BCUT2D eigenvalue weighted by atomic mass is 9.53. The van der Waals surface area contributed by atoms with Gasteiger partial charge in [0.15, 0.2) is 5.79 Å². The van der Waals surface area contributed by atoms with Gasteiger partial charge in [-0.25, -0.2) is 4.79 Å². The van der Waals surface area contributed by atoms with E-state index in [-0.39, 0.29) is 11.4 Å². The Kier molecular flexibility index (Phi) is 5.60. The molecule has 3 unspecified atom stereocenters. The van der Waals surface area contributed by atoms with E-state index in [1.54, 1.807) is 13.0 Å². The van der Waals surface area contributed by atoms with Crippen LogP contribution in [-0.2, 0) is 19.0 Å². The zero-order valence-electron chi connectivity index (χ0n) is 15.0. The first-order valence-corrected chi connectivity index (χ1v) is 9.25. The predicted molar refractivity (Wildman–Crippen MR) is 96.8 cm³/mol. The second-order valence-corrected chi connectivity index (χ2v) is 6.98. The SMILES string of the molecule is C=CCCC12C=CC(CC1/C=C/C=C/C(=O)OCC)CC21OCCO1. The summed E-state index contributed by atoms with van der Waals surface area (Å²) in [5.74, 6) is -0.0147. The molecule has 3 aliphatic carbocycles. The molecule has 1 spiro atoms. The quantitative estimate of drug-likeness (QED) is 0.304. The fraction of sp³-hybridized carbons (Fsp3) is 0.571. The Bertz CT molecular complexity index is 583. The van der Waals surface area contributed by atoms with Crippen LogP contribution in [0, 0.1) is 17.3 Å². The summed E-state index contributed by atoms with van der Waals surface area (Å²) >= 11 is 0. The van der Waals surface area contributed by atoms with E-state index in [1.807, 2.05) is 12.2 Å². The van der Waals surface area contributed by atoms with E-state index < -0.39 is 5.79 Å². The van der Waals surface area contributed by atoms with Crippen molar-refractivity contribution in [1.29, 1.82) is 0 Å². The third-order valence-electron chi connectivity index (χ3n) is 5.61. The minimum absolute atomic E-state index is 0.166. The standard InChI is InChI=1S/C21H28O4/c1-3-5-11-20-12-10-17(16-21(20)24-13-14-25-21)15-18(20)8-6-7-9-19(22)23-4-2/h3,6-10,12,17-18H,1,4-5,11,13-16H2,2H3/b8-6+,9-7+. The number of esters is 1. The van der Waals surface area contributed by atoms with Gasteiger partial charge in [-0.1, -0.05) is 36.5 Å². The van der Waals surface area contributed by atoms with Gasteiger partial charge in [0.25, 0.3) is 0 Å². The lowest BCUT2D eigenvalue weighted by molar-refractivity contribution is -0.264. The molecule has 1 aliphatic heterocycles. The Hall–Kier alpha value is -1.65. The van der Waals surface area contributed by atoms with Gasteiger partial charge in [0.2, 0.25) is 0 Å². The van der Waals surface area contributed by atoms with Gasteiger partial charge in [-0.2, -0.15) is 0 Å². The molecule has 4 nitrogen and oxygen atoms in total. The molecule has 1 saturated carbocycles. The van der Waals surface area contributed by atoms with Crippen molar-refractivity contribution < 1.29 is 19.0 Å². The summed E-state index contributed by atoms with van der Waals surface area (Å²) in [6.45, 7) is 7.41. The van der Waals surface area contributed by atoms with Gasteiger partial charge in [-0.05, 0) is 38.0 Å². The van der Waals surface area contributed by atoms with Crippen LogP contribution < -0.4 is 0 Å². The molecule has 25 heavy (non-hydrogen) atoms. The van der Waals surface area contributed by atoms with Crippen LogP contribution in [0.25, 0.3) is 0 Å². The Morgan fingerprint density at radius 2 is 2.16 bits per heavy atom. The molecule has 1 heterocycles. The van der Waals surface area contributed by atoms with Crippen LogP contribution in [0.5, 0.6) is 0 Å². The van der Waals surface area contributed by atoms with Crippen LogP contribution in [0.4, 0.5) is 0 Å². The second kappa shape index (κ2) is 7.71. The molecular weight excluding hydrogens is 316 g/mol. The molecule has 0 aromatic carbocycles. The lowest BCUT2D eigenvalue weighted by Gasteiger charge is -2.57. The topological polar surface area (TPSA) is 44.8 Å². The van der Waals surface area contributed by atoms with Crippen molar-refractivity contribution in [3.05, 3.63) is 49.1 Å². The molecule has 4 rings (SSSR count). The summed E-state index contributed by atoms with van der Waals surface area (Å²) in [7, 11) is 0. The zero-order chi connectivity index (χ0) is 17.8. The molecule has 4 aliphatic rings. The maximum absolute atomic E-state index is 11.4. The average molecular weight is 344 g/mol. The summed E-state index contributed by atoms with van der Waals surface area (Å²) in [5.41, 5.74) is -0.166. The highest BCUT2D eigenvalue weighted by atomic mass is 16.7. The number of allylic oxidation sites excluding steroid dienone is 5. The van der Waals surface area contributed by atoms with Crippen LogP contribution >= 0.6 is 0 Å². The molecule has 4 heteroatoms. The molecule has 2 fully saturated rings. The highest BCUT2D eigenvalue weighted by Crippen LogP contribution is 2.61. The molecule has 3 atom stereocenters. The van der Waals surface area contributed by atoms with E-state index in [1.165, 1.54) is 6.08 Å². The molecular formula is C21H28O4. The highest BCUT2D eigenvalue weighted by molar-refractivity contribution is 5.82. The highest BCUT2D eigenvalue weighted by Gasteiger charge is 2.62. The van der Waals surface area contributed by atoms with Crippen molar-refractivity contribution in [2.75, 3.05) is 19.8 Å². The number of fused-ring (bicyclic) bond motifs is 1. The molecule has 0 aromatic rings. The van der Waals surface area contributed by atoms with Gasteiger partial charge in [0.1, 0.15) is 0 Å². The predicted octanol–water partition coefficient (Wildman–Crippen LogP) is 3.95. The van der Waals surface area contributed by atoms with Gasteiger partial charge in [-0.3, -0.25) is 0 Å². The summed E-state index contributed by atoms with van der Waals surface area (Å²) in [4.78, 5) is 11.4. The Morgan fingerprint density at radius 3 is 2.88 bits per heavy atom. The second-order valence-electron chi connectivity index (χ2n) is 6.98. The largest absolute Gasteiger partial charge is 0.463 e. The maximum atomic E-state index is 11.4. The number of ether oxygens (including phenoxy) is 3. The number of hydrogen-bond donors (Lipinski definition) is 0. The van der Waals surface area contributed by atoms with E-state index in [4.69, 9.17) is 14.2 Å². The normalized spacial score (nSPS) is 32.8. The van der Waals surface area contributed by atoms with Crippen LogP contribution in [0.1, 0.15) is 32.6 Å². The summed E-state index contributed by atoms with van der Waals surface area (Å²) in [5, 5.41) is 0. The first-order valence-electron chi connectivity index (χ1n) is 9.25. The first-order chi connectivity index (χ1) is 12.2. The zero-order valence-corrected chi connectivity index (χ0v) is 15.0. The summed E-state index contributed by atoms with van der Waals surface area (Å²) in [6, 6.07) is 0. The Labute approximate surface area is 150 Å². The fourth-order valence-electron chi connectivity index (χ4n) is 4.56. The van der Waals surface area contributed by atoms with E-state index in [0.717, 1.165) is 25.7 Å². The van der Waals surface area contributed by atoms with Crippen LogP contribution in [0.2, 0.25) is 0 Å². The average Bonchev–Trinajstić information content (AvgIpc) is 3.07. The number of rotatable bonds is 7. The van der Waals surface area contributed by atoms with E-state index in [0.29, 0.717) is 31.7 Å². The van der Waals surface area contributed by atoms with Crippen LogP contribution in [0.15, 0.2) is 49.1 Å². The summed E-state index contributed by atoms with van der Waals surface area (Å²) in [6.07, 6.45) is 17.9. The van der Waals surface area contributed by atoms with Crippen molar-refractivity contribution in [2.24, 2.45) is 17.3 Å². The van der Waals surface area contributed by atoms with Crippen molar-refractivity contribution in [1.82, 2.24) is 0 Å². The molecule has 0 N–H and O–H groups in total. The van der Waals surface area contributed by atoms with Crippen molar-refractivity contribution in [3.8, 4) is 0 Å². The van der Waals surface area contributed by atoms with Crippen LogP contribution in [0.3, 0.4) is 0 Å². The van der Waals surface area contributed by atoms with Gasteiger partial charge < -0.3 is 14.2 Å². The molecule has 0 aromatic heterocycles. The Morgan fingerprint density at radius 1 is 1.36 bits per heavy atom. The van der Waals surface area contributed by atoms with Gasteiger partial charge in [0.05, 0.1) is 19.8 Å². The van der Waals surface area contributed by atoms with E-state index in [9.17, 15) is 4.79 Å². The van der Waals surface area contributed by atoms with Crippen molar-refractivity contribution in [2.45, 2.75) is 38.4 Å².